The number of hydrogen-bond acceptors (Lipinski definition) is 2. The van der Waals surface area contributed by atoms with Crippen molar-refractivity contribution in [2.75, 3.05) is 0 Å². The Morgan fingerprint density at radius 2 is 1.72 bits per heavy atom. The van der Waals surface area contributed by atoms with E-state index in [9.17, 15) is 14.6 Å². The number of phenols is 1. The van der Waals surface area contributed by atoms with Crippen LogP contribution < -0.4 is 0 Å². The van der Waals surface area contributed by atoms with E-state index in [1.54, 1.807) is 24.3 Å². The van der Waals surface area contributed by atoms with Gasteiger partial charge in [0.25, 0.3) is 0 Å². The van der Waals surface area contributed by atoms with Crippen molar-refractivity contribution in [2.45, 2.75) is 12.5 Å². The molecule has 18 heavy (non-hydrogen) atoms. The molecule has 0 aromatic heterocycles. The molecule has 0 amide bonds. The Bertz CT molecular complexity index is 565. The summed E-state index contributed by atoms with van der Waals surface area (Å²) < 4.78 is 14.5. The van der Waals surface area contributed by atoms with Gasteiger partial charge in [0.05, 0.1) is 0 Å². The fraction of sp³-hybridized carbons (Fsp3) is 0.143. The van der Waals surface area contributed by atoms with Gasteiger partial charge in [0, 0.05) is 10.0 Å². The first-order valence-corrected chi connectivity index (χ1v) is 6.18. The molecule has 2 aromatic rings. The number of phenolic OH excluding ortho intramolecular Hbond substituents is 1. The second-order valence-electron chi connectivity index (χ2n) is 4.24. The van der Waals surface area contributed by atoms with Gasteiger partial charge in [-0.05, 0) is 42.8 Å². The Hall–Kier alpha value is -1.39. The molecular formula is C14H12BrFO2. The predicted molar refractivity (Wildman–Crippen MR) is 70.9 cm³/mol. The summed E-state index contributed by atoms with van der Waals surface area (Å²) in [5, 5.41) is 19.7. The molecule has 0 saturated carbocycles. The van der Waals surface area contributed by atoms with Crippen LogP contribution in [0.2, 0.25) is 0 Å². The van der Waals surface area contributed by atoms with Gasteiger partial charge in [-0.25, -0.2) is 4.39 Å². The van der Waals surface area contributed by atoms with Crippen LogP contribution in [0.5, 0.6) is 5.75 Å². The molecule has 2 N–H and O–H groups in total. The Morgan fingerprint density at radius 1 is 1.11 bits per heavy atom. The molecule has 2 rings (SSSR count). The van der Waals surface area contributed by atoms with Gasteiger partial charge in [-0.15, -0.1) is 0 Å². The molecule has 0 aliphatic rings. The lowest BCUT2D eigenvalue weighted by Gasteiger charge is -2.25. The first kappa shape index (κ1) is 13.1. The summed E-state index contributed by atoms with van der Waals surface area (Å²) in [6.45, 7) is 1.52. The van der Waals surface area contributed by atoms with E-state index >= 15 is 0 Å². The van der Waals surface area contributed by atoms with E-state index in [1.807, 2.05) is 0 Å². The standard InChI is InChI=1S/C14H12BrFO2/c1-14(18,9-2-5-11(17)6-3-9)12-8-10(15)4-7-13(12)16/h2-8,17-18H,1H3. The molecule has 2 nitrogen and oxygen atoms in total. The molecule has 0 spiro atoms. The summed E-state index contributed by atoms with van der Waals surface area (Å²) in [6, 6.07) is 10.5. The van der Waals surface area contributed by atoms with Crippen molar-refractivity contribution in [3.63, 3.8) is 0 Å². The third-order valence-corrected chi connectivity index (χ3v) is 3.38. The summed E-state index contributed by atoms with van der Waals surface area (Å²) >= 11 is 3.26. The summed E-state index contributed by atoms with van der Waals surface area (Å²) in [5.41, 5.74) is -0.762. The van der Waals surface area contributed by atoms with Crippen molar-refractivity contribution in [1.82, 2.24) is 0 Å². The minimum atomic E-state index is -1.46. The van der Waals surface area contributed by atoms with Crippen LogP contribution in [0.15, 0.2) is 46.9 Å². The first-order valence-electron chi connectivity index (χ1n) is 5.38. The zero-order valence-electron chi connectivity index (χ0n) is 9.69. The van der Waals surface area contributed by atoms with Gasteiger partial charge in [0.15, 0.2) is 0 Å². The third kappa shape index (κ3) is 2.40. The van der Waals surface area contributed by atoms with E-state index in [0.717, 1.165) is 0 Å². The highest BCUT2D eigenvalue weighted by Crippen LogP contribution is 2.33. The Balaban J connectivity index is 2.53. The maximum absolute atomic E-state index is 13.8. The van der Waals surface area contributed by atoms with E-state index in [-0.39, 0.29) is 11.3 Å². The molecule has 0 aliphatic carbocycles. The Labute approximate surface area is 113 Å². The molecule has 2 aromatic carbocycles. The van der Waals surface area contributed by atoms with Crippen LogP contribution in [-0.2, 0) is 5.60 Å². The third-order valence-electron chi connectivity index (χ3n) is 2.88. The van der Waals surface area contributed by atoms with E-state index in [0.29, 0.717) is 10.0 Å². The number of aliphatic hydroxyl groups is 1. The lowest BCUT2D eigenvalue weighted by molar-refractivity contribution is 0.0978. The quantitative estimate of drug-likeness (QED) is 0.890. The largest absolute Gasteiger partial charge is 0.508 e. The zero-order valence-corrected chi connectivity index (χ0v) is 11.3. The van der Waals surface area contributed by atoms with Gasteiger partial charge in [0.1, 0.15) is 17.2 Å². The second-order valence-corrected chi connectivity index (χ2v) is 5.16. The molecule has 4 heteroatoms. The van der Waals surface area contributed by atoms with E-state index in [4.69, 9.17) is 0 Å². The topological polar surface area (TPSA) is 40.5 Å². The minimum Gasteiger partial charge on any atom is -0.508 e. The normalized spacial score (nSPS) is 14.2. The minimum absolute atomic E-state index is 0.101. The van der Waals surface area contributed by atoms with Crippen LogP contribution in [0.4, 0.5) is 4.39 Å². The Kier molecular flexibility index (Phi) is 3.41. The van der Waals surface area contributed by atoms with Gasteiger partial charge in [-0.2, -0.15) is 0 Å². The molecule has 0 radical (unpaired) electrons. The predicted octanol–water partition coefficient (Wildman–Crippen LogP) is 3.55. The molecule has 0 aliphatic heterocycles. The number of rotatable bonds is 2. The maximum atomic E-state index is 13.8. The molecule has 1 atom stereocenters. The molecule has 0 saturated heterocycles. The van der Waals surface area contributed by atoms with Crippen LogP contribution in [0.25, 0.3) is 0 Å². The van der Waals surface area contributed by atoms with Crippen molar-refractivity contribution in [3.8, 4) is 5.75 Å². The van der Waals surface area contributed by atoms with Gasteiger partial charge < -0.3 is 10.2 Å². The highest BCUT2D eigenvalue weighted by molar-refractivity contribution is 9.10. The highest BCUT2D eigenvalue weighted by Gasteiger charge is 2.28. The number of halogens is 2. The summed E-state index contributed by atoms with van der Waals surface area (Å²) in [4.78, 5) is 0. The van der Waals surface area contributed by atoms with Crippen LogP contribution in [0.3, 0.4) is 0 Å². The lowest BCUT2D eigenvalue weighted by atomic mass is 9.88. The zero-order chi connectivity index (χ0) is 13.3. The first-order chi connectivity index (χ1) is 8.41. The van der Waals surface area contributed by atoms with Crippen molar-refractivity contribution in [3.05, 3.63) is 63.9 Å². The van der Waals surface area contributed by atoms with Crippen LogP contribution >= 0.6 is 15.9 Å². The Morgan fingerprint density at radius 3 is 2.33 bits per heavy atom. The fourth-order valence-electron chi connectivity index (χ4n) is 1.81. The number of aromatic hydroxyl groups is 1. The summed E-state index contributed by atoms with van der Waals surface area (Å²) in [6.07, 6.45) is 0. The summed E-state index contributed by atoms with van der Waals surface area (Å²) in [5.74, 6) is -0.375. The molecular weight excluding hydrogens is 299 g/mol. The maximum Gasteiger partial charge on any atom is 0.129 e. The van der Waals surface area contributed by atoms with E-state index in [1.165, 1.54) is 25.1 Å². The monoisotopic (exact) mass is 310 g/mol. The van der Waals surface area contributed by atoms with Gasteiger partial charge >= 0.3 is 0 Å². The summed E-state index contributed by atoms with van der Waals surface area (Å²) in [7, 11) is 0. The van der Waals surface area contributed by atoms with Crippen LogP contribution in [-0.4, -0.2) is 10.2 Å². The van der Waals surface area contributed by atoms with Crippen molar-refractivity contribution in [1.29, 1.82) is 0 Å². The van der Waals surface area contributed by atoms with Crippen LogP contribution in [0, 0.1) is 5.82 Å². The average molecular weight is 311 g/mol. The average Bonchev–Trinajstić information content (AvgIpc) is 2.32. The molecule has 1 unspecified atom stereocenters. The fourth-order valence-corrected chi connectivity index (χ4v) is 2.17. The van der Waals surface area contributed by atoms with Crippen LogP contribution in [0.1, 0.15) is 18.1 Å². The molecule has 94 valence electrons. The molecule has 0 fully saturated rings. The van der Waals surface area contributed by atoms with E-state index < -0.39 is 11.4 Å². The van der Waals surface area contributed by atoms with E-state index in [2.05, 4.69) is 15.9 Å². The molecule has 0 bridgehead atoms. The highest BCUT2D eigenvalue weighted by atomic mass is 79.9. The van der Waals surface area contributed by atoms with Crippen molar-refractivity contribution < 1.29 is 14.6 Å². The van der Waals surface area contributed by atoms with Crippen molar-refractivity contribution >= 4 is 15.9 Å². The lowest BCUT2D eigenvalue weighted by Crippen LogP contribution is -2.24. The number of benzene rings is 2. The second kappa shape index (κ2) is 4.71. The van der Waals surface area contributed by atoms with Crippen molar-refractivity contribution in [2.24, 2.45) is 0 Å². The smallest absolute Gasteiger partial charge is 0.129 e. The number of hydrogen-bond donors (Lipinski definition) is 2. The van der Waals surface area contributed by atoms with Gasteiger partial charge in [0.2, 0.25) is 0 Å². The molecule has 0 heterocycles. The van der Waals surface area contributed by atoms with Gasteiger partial charge in [-0.1, -0.05) is 28.1 Å². The SMILES string of the molecule is CC(O)(c1ccc(O)cc1)c1cc(Br)ccc1F. The van der Waals surface area contributed by atoms with Gasteiger partial charge in [-0.3, -0.25) is 0 Å².